The van der Waals surface area contributed by atoms with Crippen molar-refractivity contribution < 1.29 is 13.2 Å². The fraction of sp³-hybridized carbons (Fsp3) is 0.261. The first kappa shape index (κ1) is 21.0. The molecule has 0 unspecified atom stereocenters. The van der Waals surface area contributed by atoms with Crippen molar-refractivity contribution in [1.29, 1.82) is 0 Å². The smallest absolute Gasteiger partial charge is 0.353 e. The fourth-order valence-corrected chi connectivity index (χ4v) is 3.50. The van der Waals surface area contributed by atoms with E-state index in [4.69, 9.17) is 0 Å². The zero-order chi connectivity index (χ0) is 21.7. The van der Waals surface area contributed by atoms with E-state index in [9.17, 15) is 13.2 Å². The minimum atomic E-state index is -4.57. The molecule has 1 fully saturated rings. The van der Waals surface area contributed by atoms with Gasteiger partial charge in [-0.15, -0.1) is 10.2 Å². The first-order chi connectivity index (χ1) is 15.0. The zero-order valence-corrected chi connectivity index (χ0v) is 16.8. The molecule has 0 N–H and O–H groups in total. The molecule has 0 radical (unpaired) electrons. The van der Waals surface area contributed by atoms with Crippen molar-refractivity contribution in [3.8, 4) is 0 Å². The average molecular weight is 425 g/mol. The molecule has 1 aromatic carbocycles. The molecule has 3 aromatic rings. The second kappa shape index (κ2) is 9.26. The van der Waals surface area contributed by atoms with Gasteiger partial charge in [0.2, 0.25) is 0 Å². The van der Waals surface area contributed by atoms with Gasteiger partial charge in [0.25, 0.3) is 0 Å². The number of anilines is 1. The molecule has 1 aliphatic heterocycles. The Hall–Kier alpha value is -3.26. The summed E-state index contributed by atoms with van der Waals surface area (Å²) in [4.78, 5) is 8.59. The Morgan fingerprint density at radius 1 is 0.871 bits per heavy atom. The van der Waals surface area contributed by atoms with E-state index in [0.717, 1.165) is 30.9 Å². The molecule has 0 bridgehead atoms. The molecule has 160 valence electrons. The van der Waals surface area contributed by atoms with Gasteiger partial charge in [0, 0.05) is 44.5 Å². The van der Waals surface area contributed by atoms with Crippen LogP contribution in [0.2, 0.25) is 0 Å². The summed E-state index contributed by atoms with van der Waals surface area (Å²) in [7, 11) is 0. The van der Waals surface area contributed by atoms with E-state index in [1.165, 1.54) is 12.1 Å². The van der Waals surface area contributed by atoms with Crippen LogP contribution >= 0.6 is 0 Å². The lowest BCUT2D eigenvalue weighted by atomic mass is 10.1. The molecule has 1 aliphatic rings. The quantitative estimate of drug-likeness (QED) is 0.607. The molecule has 0 saturated carbocycles. The van der Waals surface area contributed by atoms with E-state index < -0.39 is 11.9 Å². The first-order valence-electron chi connectivity index (χ1n) is 10.0. The van der Waals surface area contributed by atoms with Gasteiger partial charge in [-0.1, -0.05) is 48.6 Å². The van der Waals surface area contributed by atoms with Crippen molar-refractivity contribution >= 4 is 18.0 Å². The third-order valence-electron chi connectivity index (χ3n) is 5.14. The van der Waals surface area contributed by atoms with Crippen molar-refractivity contribution in [2.45, 2.75) is 12.7 Å². The normalized spacial score (nSPS) is 15.5. The number of benzene rings is 1. The second-order valence-electron chi connectivity index (χ2n) is 7.33. The molecule has 0 aliphatic carbocycles. The molecular weight excluding hydrogens is 403 g/mol. The van der Waals surface area contributed by atoms with Gasteiger partial charge in [-0.3, -0.25) is 9.88 Å². The number of aromatic nitrogens is 3. The summed E-state index contributed by atoms with van der Waals surface area (Å²) in [5, 5.41) is 7.42. The van der Waals surface area contributed by atoms with E-state index in [0.29, 0.717) is 18.9 Å². The maximum atomic E-state index is 13.4. The Morgan fingerprint density at radius 3 is 2.29 bits per heavy atom. The summed E-state index contributed by atoms with van der Waals surface area (Å²) in [6.45, 7) is 3.62. The van der Waals surface area contributed by atoms with Crippen LogP contribution in [0.4, 0.5) is 19.0 Å². The number of pyridine rings is 1. The molecule has 0 atom stereocenters. The van der Waals surface area contributed by atoms with E-state index in [1.54, 1.807) is 12.3 Å². The number of hydrogen-bond acceptors (Lipinski definition) is 5. The molecule has 0 spiro atoms. The predicted octanol–water partition coefficient (Wildman–Crippen LogP) is 4.38. The number of rotatable bonds is 5. The van der Waals surface area contributed by atoms with Crippen molar-refractivity contribution in [3.63, 3.8) is 0 Å². The molecule has 2 aromatic heterocycles. The largest absolute Gasteiger partial charge is 0.435 e. The van der Waals surface area contributed by atoms with Crippen LogP contribution in [0.3, 0.4) is 0 Å². The topological polar surface area (TPSA) is 45.2 Å². The monoisotopic (exact) mass is 425 g/mol. The highest BCUT2D eigenvalue weighted by atomic mass is 19.4. The standard InChI is InChI=1S/C23H22F3N5/c24-23(25,26)22-19(10-9-18-6-2-1-3-7-18)16-21(28-29-22)31-14-12-30(13-15-31)17-20-8-4-5-11-27-20/h1-11,16H,12-15,17H2/b10-9+. The third kappa shape index (κ3) is 5.46. The van der Waals surface area contributed by atoms with Gasteiger partial charge in [-0.05, 0) is 23.8 Å². The second-order valence-corrected chi connectivity index (χ2v) is 7.33. The SMILES string of the molecule is FC(F)(F)c1nnc(N2CCN(Cc3ccccn3)CC2)cc1/C=C/c1ccccc1. The Balaban J connectivity index is 1.49. The van der Waals surface area contributed by atoms with E-state index in [1.807, 2.05) is 53.4 Å². The van der Waals surface area contributed by atoms with Crippen LogP contribution in [0.1, 0.15) is 22.5 Å². The van der Waals surface area contributed by atoms with Crippen LogP contribution in [0.5, 0.6) is 0 Å². The van der Waals surface area contributed by atoms with Crippen molar-refractivity contribution in [3.05, 3.63) is 83.3 Å². The van der Waals surface area contributed by atoms with E-state index >= 15 is 0 Å². The molecule has 4 rings (SSSR count). The predicted molar refractivity (Wildman–Crippen MR) is 114 cm³/mol. The summed E-state index contributed by atoms with van der Waals surface area (Å²) in [5.74, 6) is 0.457. The van der Waals surface area contributed by atoms with Gasteiger partial charge < -0.3 is 4.90 Å². The van der Waals surface area contributed by atoms with Gasteiger partial charge in [0.05, 0.1) is 5.69 Å². The van der Waals surface area contributed by atoms with Crippen LogP contribution in [0, 0.1) is 0 Å². The molecule has 3 heterocycles. The van der Waals surface area contributed by atoms with Gasteiger partial charge in [-0.25, -0.2) is 0 Å². The third-order valence-corrected chi connectivity index (χ3v) is 5.14. The van der Waals surface area contributed by atoms with Crippen LogP contribution in [-0.4, -0.2) is 46.3 Å². The number of alkyl halides is 3. The zero-order valence-electron chi connectivity index (χ0n) is 16.8. The maximum Gasteiger partial charge on any atom is 0.435 e. The van der Waals surface area contributed by atoms with E-state index in [2.05, 4.69) is 20.1 Å². The van der Waals surface area contributed by atoms with Gasteiger partial charge in [0.1, 0.15) is 0 Å². The summed E-state index contributed by atoms with van der Waals surface area (Å²) in [6.07, 6.45) is 0.311. The number of nitrogens with zero attached hydrogens (tertiary/aromatic N) is 5. The molecule has 5 nitrogen and oxygen atoms in total. The summed E-state index contributed by atoms with van der Waals surface area (Å²) >= 11 is 0. The molecule has 31 heavy (non-hydrogen) atoms. The minimum Gasteiger partial charge on any atom is -0.353 e. The fourth-order valence-electron chi connectivity index (χ4n) is 3.50. The summed E-state index contributed by atoms with van der Waals surface area (Å²) < 4.78 is 40.3. The van der Waals surface area contributed by atoms with Gasteiger partial charge in [0.15, 0.2) is 11.5 Å². The van der Waals surface area contributed by atoms with Crippen LogP contribution in [-0.2, 0) is 12.7 Å². The number of piperazine rings is 1. The van der Waals surface area contributed by atoms with Crippen LogP contribution < -0.4 is 4.90 Å². The molecule has 1 saturated heterocycles. The summed E-state index contributed by atoms with van der Waals surface area (Å²) in [5.41, 5.74) is 0.852. The lowest BCUT2D eigenvalue weighted by Gasteiger charge is -2.35. The number of halogens is 3. The van der Waals surface area contributed by atoms with E-state index in [-0.39, 0.29) is 5.56 Å². The van der Waals surface area contributed by atoms with Crippen molar-refractivity contribution in [1.82, 2.24) is 20.1 Å². The maximum absolute atomic E-state index is 13.4. The van der Waals surface area contributed by atoms with Crippen molar-refractivity contribution in [2.75, 3.05) is 31.1 Å². The van der Waals surface area contributed by atoms with Gasteiger partial charge in [-0.2, -0.15) is 13.2 Å². The lowest BCUT2D eigenvalue weighted by molar-refractivity contribution is -0.141. The van der Waals surface area contributed by atoms with Crippen LogP contribution in [0.25, 0.3) is 12.2 Å². The molecule has 8 heteroatoms. The Labute approximate surface area is 178 Å². The first-order valence-corrected chi connectivity index (χ1v) is 10.0. The Kier molecular flexibility index (Phi) is 6.27. The van der Waals surface area contributed by atoms with Crippen molar-refractivity contribution in [2.24, 2.45) is 0 Å². The Morgan fingerprint density at radius 2 is 1.61 bits per heavy atom. The van der Waals surface area contributed by atoms with Crippen LogP contribution in [0.15, 0.2) is 60.8 Å². The number of hydrogen-bond donors (Lipinski definition) is 0. The highest BCUT2D eigenvalue weighted by molar-refractivity contribution is 5.72. The molecular formula is C23H22F3N5. The molecule has 0 amide bonds. The highest BCUT2D eigenvalue weighted by Crippen LogP contribution is 2.32. The minimum absolute atomic E-state index is 0.0114. The Bertz CT molecular complexity index is 1010. The highest BCUT2D eigenvalue weighted by Gasteiger charge is 2.36. The lowest BCUT2D eigenvalue weighted by Crippen LogP contribution is -2.46. The average Bonchev–Trinajstić information content (AvgIpc) is 2.79. The van der Waals surface area contributed by atoms with Gasteiger partial charge >= 0.3 is 6.18 Å². The summed E-state index contributed by atoms with van der Waals surface area (Å²) in [6, 6.07) is 16.5.